The lowest BCUT2D eigenvalue weighted by molar-refractivity contribution is 1.02. The van der Waals surface area contributed by atoms with Crippen molar-refractivity contribution in [1.29, 1.82) is 0 Å². The third-order valence-electron chi connectivity index (χ3n) is 2.94. The van der Waals surface area contributed by atoms with Gasteiger partial charge in [0, 0.05) is 22.2 Å². The Balaban J connectivity index is 2.07. The second-order valence-corrected chi connectivity index (χ2v) is 5.48. The number of nitrogens with zero attached hydrogens (tertiary/aromatic N) is 3. The first-order valence-corrected chi connectivity index (χ1v) is 7.14. The topological polar surface area (TPSA) is 64.7 Å². The summed E-state index contributed by atoms with van der Waals surface area (Å²) in [5.41, 5.74) is 10.6. The van der Waals surface area contributed by atoms with Crippen LogP contribution in [0.15, 0.2) is 35.7 Å². The second-order valence-electron chi connectivity index (χ2n) is 4.59. The molecule has 0 unspecified atom stereocenters. The second kappa shape index (κ2) is 5.02. The molecule has 0 spiro atoms. The zero-order chi connectivity index (χ0) is 14.1. The molecule has 2 aromatic heterocycles. The van der Waals surface area contributed by atoms with E-state index < -0.39 is 0 Å². The van der Waals surface area contributed by atoms with Crippen LogP contribution in [0, 0.1) is 13.8 Å². The van der Waals surface area contributed by atoms with Crippen molar-refractivity contribution in [3.8, 4) is 22.5 Å². The highest BCUT2D eigenvalue weighted by molar-refractivity contribution is 7.13. The molecule has 20 heavy (non-hydrogen) atoms. The average Bonchev–Trinajstić information content (AvgIpc) is 2.85. The Morgan fingerprint density at radius 1 is 0.950 bits per heavy atom. The smallest absolute Gasteiger partial charge is 0.180 e. The van der Waals surface area contributed by atoms with Gasteiger partial charge in [-0.25, -0.2) is 15.0 Å². The molecule has 0 aliphatic heterocycles. The van der Waals surface area contributed by atoms with Gasteiger partial charge in [0.1, 0.15) is 5.82 Å². The van der Waals surface area contributed by atoms with E-state index in [1.807, 2.05) is 43.5 Å². The van der Waals surface area contributed by atoms with Gasteiger partial charge in [-0.1, -0.05) is 18.2 Å². The first-order chi connectivity index (χ1) is 9.61. The monoisotopic (exact) mass is 282 g/mol. The van der Waals surface area contributed by atoms with Gasteiger partial charge in [0.2, 0.25) is 0 Å². The molecule has 0 saturated carbocycles. The summed E-state index contributed by atoms with van der Waals surface area (Å²) < 4.78 is 0. The quantitative estimate of drug-likeness (QED) is 0.781. The number of hydrogen-bond donors (Lipinski definition) is 1. The number of aromatic nitrogens is 3. The number of thiazole rings is 1. The van der Waals surface area contributed by atoms with Gasteiger partial charge in [-0.2, -0.15) is 0 Å². The van der Waals surface area contributed by atoms with E-state index in [4.69, 9.17) is 5.73 Å². The zero-order valence-electron chi connectivity index (χ0n) is 11.3. The highest BCUT2D eigenvalue weighted by Gasteiger charge is 2.06. The van der Waals surface area contributed by atoms with Gasteiger partial charge in [0.15, 0.2) is 5.13 Å². The number of nitrogens with two attached hydrogens (primary N) is 1. The van der Waals surface area contributed by atoms with Gasteiger partial charge in [0.05, 0.1) is 11.4 Å². The minimum atomic E-state index is 0.583. The lowest BCUT2D eigenvalue weighted by Crippen LogP contribution is -1.94. The first-order valence-electron chi connectivity index (χ1n) is 6.26. The van der Waals surface area contributed by atoms with Crippen LogP contribution < -0.4 is 5.73 Å². The molecule has 3 rings (SSSR count). The Morgan fingerprint density at radius 2 is 1.70 bits per heavy atom. The van der Waals surface area contributed by atoms with Crippen molar-refractivity contribution in [1.82, 2.24) is 15.0 Å². The van der Waals surface area contributed by atoms with E-state index in [1.54, 1.807) is 0 Å². The predicted molar refractivity (Wildman–Crippen MR) is 82.5 cm³/mol. The minimum Gasteiger partial charge on any atom is -0.375 e. The van der Waals surface area contributed by atoms with Gasteiger partial charge >= 0.3 is 0 Å². The van der Waals surface area contributed by atoms with Crippen LogP contribution in [0.3, 0.4) is 0 Å². The van der Waals surface area contributed by atoms with Gasteiger partial charge in [-0.3, -0.25) is 0 Å². The number of hydrogen-bond acceptors (Lipinski definition) is 5. The largest absolute Gasteiger partial charge is 0.375 e. The van der Waals surface area contributed by atoms with E-state index in [2.05, 4.69) is 21.0 Å². The standard InChI is InChI=1S/C15H14N4S/c1-9-6-13(18-10(2)17-9)11-4-3-5-12(7-11)14-8-20-15(16)19-14/h3-8H,1-2H3,(H2,16,19). The van der Waals surface area contributed by atoms with E-state index in [1.165, 1.54) is 11.3 Å². The van der Waals surface area contributed by atoms with E-state index in [9.17, 15) is 0 Å². The highest BCUT2D eigenvalue weighted by atomic mass is 32.1. The molecule has 3 aromatic rings. The molecule has 0 amide bonds. The van der Waals surface area contributed by atoms with Crippen LogP contribution in [0.1, 0.15) is 11.5 Å². The molecule has 0 radical (unpaired) electrons. The van der Waals surface area contributed by atoms with Gasteiger partial charge in [0.25, 0.3) is 0 Å². The van der Waals surface area contributed by atoms with Crippen molar-refractivity contribution in [3.05, 3.63) is 47.2 Å². The van der Waals surface area contributed by atoms with Gasteiger partial charge in [-0.15, -0.1) is 11.3 Å². The summed E-state index contributed by atoms with van der Waals surface area (Å²) in [5.74, 6) is 0.781. The van der Waals surface area contributed by atoms with Crippen LogP contribution in [0.25, 0.3) is 22.5 Å². The maximum Gasteiger partial charge on any atom is 0.180 e. The molecule has 0 saturated heterocycles. The van der Waals surface area contributed by atoms with Gasteiger partial charge in [-0.05, 0) is 26.0 Å². The van der Waals surface area contributed by atoms with E-state index in [0.29, 0.717) is 5.13 Å². The number of aryl methyl sites for hydroxylation is 2. The first kappa shape index (κ1) is 12.7. The maximum absolute atomic E-state index is 5.69. The Kier molecular flexibility index (Phi) is 3.20. The molecule has 5 heteroatoms. The fourth-order valence-corrected chi connectivity index (χ4v) is 2.70. The number of nitrogen functional groups attached to an aromatic ring is 1. The third kappa shape index (κ3) is 2.53. The fraction of sp³-hybridized carbons (Fsp3) is 0.133. The summed E-state index contributed by atoms with van der Waals surface area (Å²) in [4.78, 5) is 13.1. The molecular formula is C15H14N4S. The lowest BCUT2D eigenvalue weighted by Gasteiger charge is -2.05. The Bertz CT molecular complexity index is 744. The lowest BCUT2D eigenvalue weighted by atomic mass is 10.1. The van der Waals surface area contributed by atoms with Crippen molar-refractivity contribution in [3.63, 3.8) is 0 Å². The predicted octanol–water partition coefficient (Wildman–Crippen LogP) is 3.47. The molecule has 0 atom stereocenters. The molecule has 0 aliphatic rings. The molecular weight excluding hydrogens is 268 g/mol. The fourth-order valence-electron chi connectivity index (χ4n) is 2.12. The molecule has 4 nitrogen and oxygen atoms in total. The molecule has 2 N–H and O–H groups in total. The molecule has 2 heterocycles. The van der Waals surface area contributed by atoms with Crippen LogP contribution in [0.4, 0.5) is 5.13 Å². The zero-order valence-corrected chi connectivity index (χ0v) is 12.1. The normalized spacial score (nSPS) is 10.7. The van der Waals surface area contributed by atoms with E-state index in [0.717, 1.165) is 34.0 Å². The Labute approximate surface area is 121 Å². The van der Waals surface area contributed by atoms with Crippen molar-refractivity contribution in [2.24, 2.45) is 0 Å². The maximum atomic E-state index is 5.69. The van der Waals surface area contributed by atoms with Crippen LogP contribution >= 0.6 is 11.3 Å². The summed E-state index contributed by atoms with van der Waals surface area (Å²) in [7, 11) is 0. The van der Waals surface area contributed by atoms with Crippen LogP contribution in [0.2, 0.25) is 0 Å². The Morgan fingerprint density at radius 3 is 2.35 bits per heavy atom. The molecule has 1 aromatic carbocycles. The van der Waals surface area contributed by atoms with Crippen LogP contribution in [0.5, 0.6) is 0 Å². The molecule has 0 aliphatic carbocycles. The summed E-state index contributed by atoms with van der Waals surface area (Å²) in [6.45, 7) is 3.88. The van der Waals surface area contributed by atoms with Crippen LogP contribution in [-0.4, -0.2) is 15.0 Å². The summed E-state index contributed by atoms with van der Waals surface area (Å²) in [6.07, 6.45) is 0. The minimum absolute atomic E-state index is 0.583. The SMILES string of the molecule is Cc1cc(-c2cccc(-c3csc(N)n3)c2)nc(C)n1. The number of rotatable bonds is 2. The summed E-state index contributed by atoms with van der Waals surface area (Å²) >= 11 is 1.45. The van der Waals surface area contributed by atoms with Crippen molar-refractivity contribution >= 4 is 16.5 Å². The molecule has 0 fully saturated rings. The van der Waals surface area contributed by atoms with Crippen LogP contribution in [-0.2, 0) is 0 Å². The summed E-state index contributed by atoms with van der Waals surface area (Å²) in [5, 5.41) is 2.55. The average molecular weight is 282 g/mol. The molecule has 0 bridgehead atoms. The highest BCUT2D eigenvalue weighted by Crippen LogP contribution is 2.27. The van der Waals surface area contributed by atoms with Gasteiger partial charge < -0.3 is 5.73 Å². The Hall–Kier alpha value is -2.27. The van der Waals surface area contributed by atoms with Crippen molar-refractivity contribution in [2.45, 2.75) is 13.8 Å². The van der Waals surface area contributed by atoms with E-state index in [-0.39, 0.29) is 0 Å². The van der Waals surface area contributed by atoms with E-state index >= 15 is 0 Å². The number of benzene rings is 1. The van der Waals surface area contributed by atoms with Crippen molar-refractivity contribution in [2.75, 3.05) is 5.73 Å². The molecule has 100 valence electrons. The van der Waals surface area contributed by atoms with Crippen molar-refractivity contribution < 1.29 is 0 Å². The summed E-state index contributed by atoms with van der Waals surface area (Å²) in [6, 6.07) is 10.1. The number of anilines is 1. The third-order valence-corrected chi connectivity index (χ3v) is 3.62.